The number of nitriles is 1. The van der Waals surface area contributed by atoms with E-state index in [2.05, 4.69) is 16.7 Å². The Morgan fingerprint density at radius 1 is 1.17 bits per heavy atom. The standard InChI is InChI=1S/C19H25N3O2/c1-3-13(2)21-18(23)14-8-10-15(11-9-14)19(24)22-17-7-5-4-6-16(17)12-20/h4-7,13-15H,3,8-11H2,1-2H3,(H,21,23)(H,22,24). The van der Waals surface area contributed by atoms with Gasteiger partial charge >= 0.3 is 0 Å². The molecule has 24 heavy (non-hydrogen) atoms. The summed E-state index contributed by atoms with van der Waals surface area (Å²) in [5, 5.41) is 15.0. The zero-order valence-electron chi connectivity index (χ0n) is 14.3. The van der Waals surface area contributed by atoms with Crippen molar-refractivity contribution in [3.05, 3.63) is 29.8 Å². The van der Waals surface area contributed by atoms with Gasteiger partial charge in [-0.3, -0.25) is 9.59 Å². The number of nitrogens with zero attached hydrogens (tertiary/aromatic N) is 1. The van der Waals surface area contributed by atoms with Crippen LogP contribution in [-0.4, -0.2) is 17.9 Å². The summed E-state index contributed by atoms with van der Waals surface area (Å²) in [6, 6.07) is 9.27. The van der Waals surface area contributed by atoms with E-state index in [1.165, 1.54) is 0 Å². The highest BCUT2D eigenvalue weighted by Crippen LogP contribution is 2.30. The molecule has 1 unspecified atom stereocenters. The molecule has 5 nitrogen and oxygen atoms in total. The van der Waals surface area contributed by atoms with Crippen molar-refractivity contribution >= 4 is 17.5 Å². The average Bonchev–Trinajstić information content (AvgIpc) is 2.62. The van der Waals surface area contributed by atoms with E-state index in [9.17, 15) is 9.59 Å². The highest BCUT2D eigenvalue weighted by Gasteiger charge is 2.30. The van der Waals surface area contributed by atoms with Gasteiger partial charge in [0.25, 0.3) is 0 Å². The summed E-state index contributed by atoms with van der Waals surface area (Å²) < 4.78 is 0. The Labute approximate surface area is 143 Å². The fourth-order valence-corrected chi connectivity index (χ4v) is 3.00. The molecular formula is C19H25N3O2. The molecule has 0 heterocycles. The first-order valence-electron chi connectivity index (χ1n) is 8.65. The SMILES string of the molecule is CCC(C)NC(=O)C1CCC(C(=O)Nc2ccccc2C#N)CC1. The van der Waals surface area contributed by atoms with E-state index in [4.69, 9.17) is 5.26 Å². The molecule has 1 aliphatic carbocycles. The van der Waals surface area contributed by atoms with Crippen LogP contribution in [0.4, 0.5) is 5.69 Å². The maximum atomic E-state index is 12.4. The first kappa shape index (κ1) is 18.0. The van der Waals surface area contributed by atoms with E-state index in [1.54, 1.807) is 24.3 Å². The monoisotopic (exact) mass is 327 g/mol. The number of amides is 2. The number of anilines is 1. The van der Waals surface area contributed by atoms with Gasteiger partial charge in [-0.1, -0.05) is 19.1 Å². The van der Waals surface area contributed by atoms with Crippen LogP contribution in [0.2, 0.25) is 0 Å². The maximum Gasteiger partial charge on any atom is 0.227 e. The van der Waals surface area contributed by atoms with Crippen LogP contribution in [0.25, 0.3) is 0 Å². The number of hydrogen-bond acceptors (Lipinski definition) is 3. The van der Waals surface area contributed by atoms with E-state index in [-0.39, 0.29) is 29.7 Å². The first-order valence-corrected chi connectivity index (χ1v) is 8.65. The van der Waals surface area contributed by atoms with E-state index in [0.29, 0.717) is 24.1 Å². The predicted molar refractivity (Wildman–Crippen MR) is 93.1 cm³/mol. The molecule has 0 radical (unpaired) electrons. The molecule has 1 saturated carbocycles. The summed E-state index contributed by atoms with van der Waals surface area (Å²) in [5.74, 6) is -0.0321. The van der Waals surface area contributed by atoms with Crippen LogP contribution in [0.5, 0.6) is 0 Å². The lowest BCUT2D eigenvalue weighted by atomic mass is 9.81. The Balaban J connectivity index is 1.87. The summed E-state index contributed by atoms with van der Waals surface area (Å²) in [7, 11) is 0. The predicted octanol–water partition coefficient (Wildman–Crippen LogP) is 3.22. The minimum Gasteiger partial charge on any atom is -0.353 e. The maximum absolute atomic E-state index is 12.4. The number of para-hydroxylation sites is 1. The average molecular weight is 327 g/mol. The van der Waals surface area contributed by atoms with Crippen LogP contribution in [-0.2, 0) is 9.59 Å². The lowest BCUT2D eigenvalue weighted by molar-refractivity contribution is -0.129. The van der Waals surface area contributed by atoms with E-state index >= 15 is 0 Å². The molecule has 1 fully saturated rings. The molecule has 0 aromatic heterocycles. The van der Waals surface area contributed by atoms with E-state index < -0.39 is 0 Å². The van der Waals surface area contributed by atoms with Gasteiger partial charge in [0.05, 0.1) is 11.3 Å². The van der Waals surface area contributed by atoms with Crippen molar-refractivity contribution in [3.63, 3.8) is 0 Å². The Bertz CT molecular complexity index is 628. The van der Waals surface area contributed by atoms with Crippen molar-refractivity contribution in [2.75, 3.05) is 5.32 Å². The zero-order valence-corrected chi connectivity index (χ0v) is 14.3. The van der Waals surface area contributed by atoms with Crippen LogP contribution in [0.15, 0.2) is 24.3 Å². The molecule has 1 atom stereocenters. The molecule has 0 spiro atoms. The fraction of sp³-hybridized carbons (Fsp3) is 0.526. The molecule has 128 valence electrons. The van der Waals surface area contributed by atoms with Crippen molar-refractivity contribution in [3.8, 4) is 6.07 Å². The van der Waals surface area contributed by atoms with Gasteiger partial charge in [-0.2, -0.15) is 5.26 Å². The Morgan fingerprint density at radius 3 is 2.33 bits per heavy atom. The molecule has 5 heteroatoms. The van der Waals surface area contributed by atoms with Crippen LogP contribution in [0.3, 0.4) is 0 Å². The van der Waals surface area contributed by atoms with Crippen molar-refractivity contribution < 1.29 is 9.59 Å². The van der Waals surface area contributed by atoms with E-state index in [1.807, 2.05) is 13.8 Å². The Hall–Kier alpha value is -2.35. The second-order valence-electron chi connectivity index (χ2n) is 6.51. The molecule has 2 N–H and O–H groups in total. The van der Waals surface area contributed by atoms with Crippen LogP contribution >= 0.6 is 0 Å². The summed E-state index contributed by atoms with van der Waals surface area (Å²) in [4.78, 5) is 24.6. The number of carbonyl (C=O) groups excluding carboxylic acids is 2. The van der Waals surface area contributed by atoms with Gasteiger partial charge in [0.15, 0.2) is 0 Å². The number of hydrogen-bond donors (Lipinski definition) is 2. The van der Waals surface area contributed by atoms with Gasteiger partial charge in [-0.25, -0.2) is 0 Å². The molecule has 1 aliphatic rings. The van der Waals surface area contributed by atoms with Gasteiger partial charge in [0, 0.05) is 17.9 Å². The number of benzene rings is 1. The van der Waals surface area contributed by atoms with Crippen LogP contribution < -0.4 is 10.6 Å². The topological polar surface area (TPSA) is 82.0 Å². The summed E-state index contributed by atoms with van der Waals surface area (Å²) in [5.41, 5.74) is 1.02. The largest absolute Gasteiger partial charge is 0.353 e. The molecule has 1 aromatic rings. The molecule has 0 aliphatic heterocycles. The minimum atomic E-state index is -0.0932. The van der Waals surface area contributed by atoms with Gasteiger partial charge in [0.1, 0.15) is 6.07 Å². The number of carbonyl (C=O) groups is 2. The van der Waals surface area contributed by atoms with Gasteiger partial charge < -0.3 is 10.6 Å². The summed E-state index contributed by atoms with van der Waals surface area (Å²) in [6.07, 6.45) is 3.81. The smallest absolute Gasteiger partial charge is 0.227 e. The normalized spacial score (nSPS) is 21.4. The lowest BCUT2D eigenvalue weighted by Crippen LogP contribution is -2.39. The third-order valence-corrected chi connectivity index (χ3v) is 4.78. The number of nitrogens with one attached hydrogen (secondary N) is 2. The van der Waals surface area contributed by atoms with Crippen LogP contribution in [0.1, 0.15) is 51.5 Å². The second-order valence-corrected chi connectivity index (χ2v) is 6.51. The third kappa shape index (κ3) is 4.58. The van der Waals surface area contributed by atoms with Crippen molar-refractivity contribution in [1.29, 1.82) is 5.26 Å². The highest BCUT2D eigenvalue weighted by molar-refractivity contribution is 5.94. The Morgan fingerprint density at radius 2 is 1.75 bits per heavy atom. The molecular weight excluding hydrogens is 302 g/mol. The Kier molecular flexibility index (Phi) is 6.36. The third-order valence-electron chi connectivity index (χ3n) is 4.78. The van der Waals surface area contributed by atoms with E-state index in [0.717, 1.165) is 19.3 Å². The molecule has 1 aromatic carbocycles. The molecule has 0 bridgehead atoms. The first-order chi connectivity index (χ1) is 11.5. The zero-order chi connectivity index (χ0) is 17.5. The minimum absolute atomic E-state index is 0.00875. The highest BCUT2D eigenvalue weighted by atomic mass is 16.2. The molecule has 2 rings (SSSR count). The van der Waals surface area contributed by atoms with Gasteiger partial charge in [-0.15, -0.1) is 0 Å². The molecule has 0 saturated heterocycles. The summed E-state index contributed by atoms with van der Waals surface area (Å²) >= 11 is 0. The van der Waals surface area contributed by atoms with Crippen molar-refractivity contribution in [1.82, 2.24) is 5.32 Å². The van der Waals surface area contributed by atoms with Crippen molar-refractivity contribution in [2.45, 2.75) is 52.0 Å². The fourth-order valence-electron chi connectivity index (χ4n) is 3.00. The van der Waals surface area contributed by atoms with Crippen molar-refractivity contribution in [2.24, 2.45) is 11.8 Å². The van der Waals surface area contributed by atoms with Crippen LogP contribution in [0, 0.1) is 23.2 Å². The van der Waals surface area contributed by atoms with Gasteiger partial charge in [0.2, 0.25) is 11.8 Å². The molecule has 2 amide bonds. The van der Waals surface area contributed by atoms with Gasteiger partial charge in [-0.05, 0) is 51.2 Å². The lowest BCUT2D eigenvalue weighted by Gasteiger charge is -2.28. The number of rotatable bonds is 5. The second kappa shape index (κ2) is 8.49. The summed E-state index contributed by atoms with van der Waals surface area (Å²) in [6.45, 7) is 4.05. The quantitative estimate of drug-likeness (QED) is 0.871.